The summed E-state index contributed by atoms with van der Waals surface area (Å²) >= 11 is 1.17. The number of thiophene rings is 1. The van der Waals surface area contributed by atoms with Gasteiger partial charge in [-0.2, -0.15) is 0 Å². The van der Waals surface area contributed by atoms with Gasteiger partial charge in [0, 0.05) is 13.1 Å². The number of rotatable bonds is 4. The molecule has 1 aliphatic rings. The average molecular weight is 310 g/mol. The molecule has 1 N–H and O–H groups in total. The SMILES string of the molecule is O=S(=O)(Nc1ccc(N2CCCC2)nn1)c1cccs1. The number of aromatic nitrogens is 2. The second-order valence-electron chi connectivity index (χ2n) is 4.51. The van der Waals surface area contributed by atoms with Gasteiger partial charge in [0.05, 0.1) is 0 Å². The van der Waals surface area contributed by atoms with Crippen LogP contribution in [0.3, 0.4) is 0 Å². The van der Waals surface area contributed by atoms with E-state index in [2.05, 4.69) is 19.8 Å². The van der Waals surface area contributed by atoms with Crippen LogP contribution in [0.5, 0.6) is 0 Å². The van der Waals surface area contributed by atoms with E-state index >= 15 is 0 Å². The Balaban J connectivity index is 1.75. The highest BCUT2D eigenvalue weighted by molar-refractivity contribution is 7.94. The standard InChI is InChI=1S/C12H14N4O2S2/c17-20(18,12-4-3-9-19-12)15-10-5-6-11(14-13-10)16-7-1-2-8-16/h3-6,9H,1-2,7-8H2,(H,13,15). The zero-order valence-corrected chi connectivity index (χ0v) is 12.3. The third kappa shape index (κ3) is 2.75. The van der Waals surface area contributed by atoms with Crippen molar-refractivity contribution in [2.75, 3.05) is 22.7 Å². The van der Waals surface area contributed by atoms with Gasteiger partial charge in [-0.25, -0.2) is 8.42 Å². The molecule has 0 unspecified atom stereocenters. The Kier molecular flexibility index (Phi) is 3.58. The Bertz CT molecular complexity index is 662. The van der Waals surface area contributed by atoms with E-state index in [0.717, 1.165) is 31.7 Å². The molecule has 0 aliphatic carbocycles. The fourth-order valence-electron chi connectivity index (χ4n) is 2.10. The van der Waals surface area contributed by atoms with E-state index in [1.54, 1.807) is 29.6 Å². The summed E-state index contributed by atoms with van der Waals surface area (Å²) in [5.74, 6) is 1.03. The summed E-state index contributed by atoms with van der Waals surface area (Å²) in [6.07, 6.45) is 2.32. The maximum atomic E-state index is 12.0. The lowest BCUT2D eigenvalue weighted by atomic mass is 10.4. The van der Waals surface area contributed by atoms with Gasteiger partial charge in [0.25, 0.3) is 10.0 Å². The summed E-state index contributed by atoms with van der Waals surface area (Å²) in [7, 11) is -3.55. The van der Waals surface area contributed by atoms with Gasteiger partial charge in [-0.05, 0) is 36.4 Å². The molecule has 0 amide bonds. The molecule has 0 saturated carbocycles. The maximum absolute atomic E-state index is 12.0. The van der Waals surface area contributed by atoms with Gasteiger partial charge in [0.2, 0.25) is 0 Å². The summed E-state index contributed by atoms with van der Waals surface area (Å²) in [5.41, 5.74) is 0. The van der Waals surface area contributed by atoms with Gasteiger partial charge < -0.3 is 4.90 Å². The van der Waals surface area contributed by atoms with Gasteiger partial charge in [-0.1, -0.05) is 6.07 Å². The van der Waals surface area contributed by atoms with E-state index in [1.807, 2.05) is 0 Å². The molecule has 106 valence electrons. The Hall–Kier alpha value is -1.67. The minimum absolute atomic E-state index is 0.237. The van der Waals surface area contributed by atoms with Crippen LogP contribution in [-0.4, -0.2) is 31.7 Å². The van der Waals surface area contributed by atoms with E-state index in [9.17, 15) is 8.42 Å². The molecule has 20 heavy (non-hydrogen) atoms. The first-order valence-electron chi connectivity index (χ1n) is 6.30. The second-order valence-corrected chi connectivity index (χ2v) is 7.37. The molecule has 1 saturated heterocycles. The highest BCUT2D eigenvalue weighted by Gasteiger charge is 2.17. The third-order valence-corrected chi connectivity index (χ3v) is 5.83. The Labute approximate surface area is 121 Å². The molecule has 0 bridgehead atoms. The Morgan fingerprint density at radius 3 is 2.55 bits per heavy atom. The number of sulfonamides is 1. The number of hydrogen-bond acceptors (Lipinski definition) is 6. The van der Waals surface area contributed by atoms with Crippen LogP contribution >= 0.6 is 11.3 Å². The zero-order valence-electron chi connectivity index (χ0n) is 10.7. The quantitative estimate of drug-likeness (QED) is 0.934. The molecule has 6 nitrogen and oxygen atoms in total. The summed E-state index contributed by atoms with van der Waals surface area (Å²) in [5, 5.41) is 9.74. The molecule has 1 aliphatic heterocycles. The van der Waals surface area contributed by atoms with Gasteiger partial charge >= 0.3 is 0 Å². The lowest BCUT2D eigenvalue weighted by Crippen LogP contribution is -2.20. The lowest BCUT2D eigenvalue weighted by molar-refractivity contribution is 0.603. The predicted octanol–water partition coefficient (Wildman–Crippen LogP) is 1.94. The molecule has 1 fully saturated rings. The second kappa shape index (κ2) is 5.37. The molecule has 0 radical (unpaired) electrons. The number of nitrogens with zero attached hydrogens (tertiary/aromatic N) is 3. The molecular formula is C12H14N4O2S2. The van der Waals surface area contributed by atoms with Crippen molar-refractivity contribution in [2.45, 2.75) is 17.1 Å². The highest BCUT2D eigenvalue weighted by atomic mass is 32.2. The average Bonchev–Trinajstić information content (AvgIpc) is 3.13. The van der Waals surface area contributed by atoms with E-state index in [-0.39, 0.29) is 10.0 Å². The fraction of sp³-hybridized carbons (Fsp3) is 0.333. The molecule has 2 aromatic heterocycles. The molecule has 0 atom stereocenters. The van der Waals surface area contributed by atoms with Crippen molar-refractivity contribution in [3.05, 3.63) is 29.6 Å². The summed E-state index contributed by atoms with van der Waals surface area (Å²) in [6, 6.07) is 6.69. The van der Waals surface area contributed by atoms with Crippen LogP contribution in [0.1, 0.15) is 12.8 Å². The van der Waals surface area contributed by atoms with E-state index in [1.165, 1.54) is 11.3 Å². The zero-order chi connectivity index (χ0) is 14.0. The minimum atomic E-state index is -3.55. The Morgan fingerprint density at radius 2 is 1.95 bits per heavy atom. The molecule has 0 aromatic carbocycles. The fourth-order valence-corrected chi connectivity index (χ4v) is 4.09. The third-order valence-electron chi connectivity index (χ3n) is 3.08. The normalized spacial score (nSPS) is 15.5. The van der Waals surface area contributed by atoms with E-state index < -0.39 is 10.0 Å². The molecule has 8 heteroatoms. The molecule has 3 heterocycles. The maximum Gasteiger partial charge on any atom is 0.272 e. The highest BCUT2D eigenvalue weighted by Crippen LogP contribution is 2.21. The van der Waals surface area contributed by atoms with Gasteiger partial charge in [0.1, 0.15) is 4.21 Å². The Morgan fingerprint density at radius 1 is 1.15 bits per heavy atom. The molecule has 0 spiro atoms. The largest absolute Gasteiger partial charge is 0.355 e. The lowest BCUT2D eigenvalue weighted by Gasteiger charge is -2.15. The molecule has 2 aromatic rings. The number of anilines is 2. The van der Waals surface area contributed by atoms with Crippen molar-refractivity contribution < 1.29 is 8.42 Å². The van der Waals surface area contributed by atoms with Crippen molar-refractivity contribution in [3.8, 4) is 0 Å². The van der Waals surface area contributed by atoms with Crippen molar-refractivity contribution in [1.29, 1.82) is 0 Å². The molecule has 3 rings (SSSR count). The summed E-state index contributed by atoms with van der Waals surface area (Å²) < 4.78 is 26.7. The summed E-state index contributed by atoms with van der Waals surface area (Å²) in [4.78, 5) is 2.14. The van der Waals surface area contributed by atoms with Crippen LogP contribution in [-0.2, 0) is 10.0 Å². The van der Waals surface area contributed by atoms with Crippen molar-refractivity contribution >= 4 is 33.0 Å². The number of nitrogens with one attached hydrogen (secondary N) is 1. The minimum Gasteiger partial charge on any atom is -0.355 e. The van der Waals surface area contributed by atoms with E-state index in [0.29, 0.717) is 0 Å². The molecular weight excluding hydrogens is 296 g/mol. The first kappa shape index (κ1) is 13.3. The van der Waals surface area contributed by atoms with E-state index in [4.69, 9.17) is 0 Å². The van der Waals surface area contributed by atoms with Gasteiger partial charge in [-0.15, -0.1) is 21.5 Å². The predicted molar refractivity (Wildman–Crippen MR) is 78.6 cm³/mol. The topological polar surface area (TPSA) is 75.2 Å². The summed E-state index contributed by atoms with van der Waals surface area (Å²) in [6.45, 7) is 1.96. The van der Waals surface area contributed by atoms with Crippen LogP contribution in [0.15, 0.2) is 33.9 Å². The van der Waals surface area contributed by atoms with Crippen LogP contribution in [0.4, 0.5) is 11.6 Å². The number of hydrogen-bond donors (Lipinski definition) is 1. The monoisotopic (exact) mass is 310 g/mol. The van der Waals surface area contributed by atoms with Crippen molar-refractivity contribution in [1.82, 2.24) is 10.2 Å². The van der Waals surface area contributed by atoms with Gasteiger partial charge in [0.15, 0.2) is 11.6 Å². The first-order valence-corrected chi connectivity index (χ1v) is 8.66. The van der Waals surface area contributed by atoms with Crippen molar-refractivity contribution in [3.63, 3.8) is 0 Å². The van der Waals surface area contributed by atoms with Crippen molar-refractivity contribution in [2.24, 2.45) is 0 Å². The van der Waals surface area contributed by atoms with Crippen LogP contribution < -0.4 is 9.62 Å². The van der Waals surface area contributed by atoms with Crippen LogP contribution in [0, 0.1) is 0 Å². The van der Waals surface area contributed by atoms with Crippen LogP contribution in [0.25, 0.3) is 0 Å². The first-order chi connectivity index (χ1) is 9.65. The van der Waals surface area contributed by atoms with Gasteiger partial charge in [-0.3, -0.25) is 4.72 Å². The van der Waals surface area contributed by atoms with Crippen LogP contribution in [0.2, 0.25) is 0 Å². The smallest absolute Gasteiger partial charge is 0.272 e.